The van der Waals surface area contributed by atoms with Gasteiger partial charge in [-0.15, -0.1) is 10.1 Å². The number of rotatable bonds is 6. The molecule has 0 aromatic carbocycles. The van der Waals surface area contributed by atoms with Crippen molar-refractivity contribution >= 4 is 22.9 Å². The lowest BCUT2D eigenvalue weighted by molar-refractivity contribution is -0.771. The predicted molar refractivity (Wildman–Crippen MR) is 81.3 cm³/mol. The van der Waals surface area contributed by atoms with Crippen LogP contribution in [0.15, 0.2) is 12.7 Å². The highest BCUT2D eigenvalue weighted by Crippen LogP contribution is 2.35. The Morgan fingerprint density at radius 2 is 2.23 bits per heavy atom. The van der Waals surface area contributed by atoms with Gasteiger partial charge in [0.05, 0.1) is 18.9 Å². The largest absolute Gasteiger partial charge is 0.390 e. The lowest BCUT2D eigenvalue weighted by Gasteiger charge is -2.21. The van der Waals surface area contributed by atoms with Crippen LogP contribution in [0.2, 0.25) is 0 Å². The van der Waals surface area contributed by atoms with Gasteiger partial charge in [-0.3, -0.25) is 9.36 Å². The molecule has 26 heavy (non-hydrogen) atoms. The molecule has 0 bridgehead atoms. The Labute approximate surface area is 144 Å². The summed E-state index contributed by atoms with van der Waals surface area (Å²) in [6.07, 6.45) is -5.45. The van der Waals surface area contributed by atoms with Gasteiger partial charge in [-0.2, -0.15) is 0 Å². The molecular weight excluding hydrogens is 354 g/mol. The van der Waals surface area contributed by atoms with Crippen LogP contribution in [0.1, 0.15) is 12.6 Å². The molecule has 1 aliphatic rings. The van der Waals surface area contributed by atoms with Gasteiger partial charge in [0, 0.05) is 0 Å². The number of hydrogen-bond donors (Lipinski definition) is 4. The first-order valence-corrected chi connectivity index (χ1v) is 7.33. The molecule has 140 valence electrons. The third-order valence-electron chi connectivity index (χ3n) is 3.91. The summed E-state index contributed by atoms with van der Waals surface area (Å²) in [4.78, 5) is 38.0. The molecule has 5 atom stereocenters. The van der Waals surface area contributed by atoms with Gasteiger partial charge in [0.25, 0.3) is 5.09 Å². The summed E-state index contributed by atoms with van der Waals surface area (Å²) in [7, 11) is 0. The lowest BCUT2D eigenvalue weighted by atomic mass is 10.0. The minimum atomic E-state index is -1.58. The van der Waals surface area contributed by atoms with Crippen LogP contribution in [0.5, 0.6) is 0 Å². The average Bonchev–Trinajstić information content (AvgIpc) is 3.10. The van der Waals surface area contributed by atoms with E-state index >= 15 is 0 Å². The molecule has 14 nitrogen and oxygen atoms in total. The van der Waals surface area contributed by atoms with Crippen molar-refractivity contribution in [3.05, 3.63) is 22.8 Å². The zero-order valence-corrected chi connectivity index (χ0v) is 13.1. The molecule has 6 N–H and O–H groups in total. The zero-order valence-electron chi connectivity index (χ0n) is 13.1. The third-order valence-corrected chi connectivity index (χ3v) is 3.91. The lowest BCUT2D eigenvalue weighted by Crippen LogP contribution is -2.43. The minimum Gasteiger partial charge on any atom is -0.390 e. The zero-order chi connectivity index (χ0) is 19.0. The SMILES string of the molecule is NC(=O)CC(O)[C@H]1O[C@@H](n2cnc3c(N)ncnc32)[C@H](O)[C@@H]1O[N+](=O)[O-]. The van der Waals surface area contributed by atoms with Gasteiger partial charge in [0.15, 0.2) is 23.8 Å². The van der Waals surface area contributed by atoms with E-state index in [9.17, 15) is 25.1 Å². The van der Waals surface area contributed by atoms with Crippen molar-refractivity contribution in [2.45, 2.75) is 37.1 Å². The Kier molecular flexibility index (Phi) is 4.54. The highest BCUT2D eigenvalue weighted by molar-refractivity contribution is 5.81. The number of aliphatic hydroxyl groups is 2. The van der Waals surface area contributed by atoms with Crippen molar-refractivity contribution in [1.29, 1.82) is 0 Å². The number of imidazole rings is 1. The average molecular weight is 369 g/mol. The number of nitrogens with two attached hydrogens (primary N) is 2. The number of aromatic nitrogens is 4. The molecule has 3 rings (SSSR count). The van der Waals surface area contributed by atoms with E-state index in [1.807, 2.05) is 0 Å². The van der Waals surface area contributed by atoms with Gasteiger partial charge >= 0.3 is 0 Å². The highest BCUT2D eigenvalue weighted by atomic mass is 17.0. The summed E-state index contributed by atoms with van der Waals surface area (Å²) in [5.74, 6) is -0.767. The first-order valence-electron chi connectivity index (χ1n) is 7.33. The van der Waals surface area contributed by atoms with E-state index in [0.29, 0.717) is 0 Å². The summed E-state index contributed by atoms with van der Waals surface area (Å²) < 4.78 is 6.80. The van der Waals surface area contributed by atoms with Crippen molar-refractivity contribution in [3.8, 4) is 0 Å². The summed E-state index contributed by atoms with van der Waals surface area (Å²) >= 11 is 0. The number of fused-ring (bicyclic) bond motifs is 1. The van der Waals surface area contributed by atoms with E-state index in [1.165, 1.54) is 17.2 Å². The second-order valence-corrected chi connectivity index (χ2v) is 5.60. The molecule has 3 heterocycles. The first-order chi connectivity index (χ1) is 12.3. The molecule has 1 amide bonds. The quantitative estimate of drug-likeness (QED) is 0.308. The van der Waals surface area contributed by atoms with Crippen LogP contribution in [0, 0.1) is 10.1 Å². The number of aliphatic hydroxyl groups excluding tert-OH is 2. The van der Waals surface area contributed by atoms with Crippen LogP contribution in [0.25, 0.3) is 11.2 Å². The minimum absolute atomic E-state index is 0.0876. The smallest absolute Gasteiger partial charge is 0.294 e. The number of primary amides is 1. The maximum absolute atomic E-state index is 11.0. The van der Waals surface area contributed by atoms with Crippen molar-refractivity contribution in [2.75, 3.05) is 5.73 Å². The number of carbonyl (C=O) groups excluding carboxylic acids is 1. The van der Waals surface area contributed by atoms with Gasteiger partial charge in [-0.05, 0) is 0 Å². The second kappa shape index (κ2) is 6.66. The van der Waals surface area contributed by atoms with E-state index in [0.717, 1.165) is 0 Å². The number of hydrogen-bond acceptors (Lipinski definition) is 11. The van der Waals surface area contributed by atoms with Gasteiger partial charge in [0.2, 0.25) is 5.91 Å². The maximum atomic E-state index is 11.0. The van der Waals surface area contributed by atoms with E-state index in [4.69, 9.17) is 16.2 Å². The van der Waals surface area contributed by atoms with Gasteiger partial charge in [-0.1, -0.05) is 0 Å². The molecule has 0 radical (unpaired) electrons. The van der Waals surface area contributed by atoms with Crippen LogP contribution < -0.4 is 11.5 Å². The molecule has 0 spiro atoms. The Bertz CT molecular complexity index is 842. The van der Waals surface area contributed by atoms with E-state index < -0.39 is 48.1 Å². The summed E-state index contributed by atoms with van der Waals surface area (Å²) in [5.41, 5.74) is 11.1. The van der Waals surface area contributed by atoms with Crippen molar-refractivity contribution < 1.29 is 29.7 Å². The molecule has 14 heteroatoms. The van der Waals surface area contributed by atoms with Crippen molar-refractivity contribution in [3.63, 3.8) is 0 Å². The standard InChI is InChI=1S/C12H15N7O7/c13-5(21)1-4(20)8-9(26-19(23)24)7(22)12(25-8)18-3-17-6-10(14)15-2-16-11(6)18/h2-4,7-9,12,20,22H,1H2,(H2,13,21)(H2,14,15,16)/t4?,7-,8-,9+,12-/m1/s1. The fourth-order valence-corrected chi connectivity index (χ4v) is 2.82. The van der Waals surface area contributed by atoms with Crippen molar-refractivity contribution in [1.82, 2.24) is 19.5 Å². The van der Waals surface area contributed by atoms with Gasteiger partial charge in [0.1, 0.15) is 24.1 Å². The Hall–Kier alpha value is -3.10. The Morgan fingerprint density at radius 1 is 1.50 bits per heavy atom. The highest BCUT2D eigenvalue weighted by Gasteiger charge is 2.50. The normalized spacial score (nSPS) is 26.7. The van der Waals surface area contributed by atoms with Gasteiger partial charge < -0.3 is 31.3 Å². The Balaban J connectivity index is 1.96. The molecule has 0 aliphatic carbocycles. The number of carbonyl (C=O) groups is 1. The summed E-state index contributed by atoms with van der Waals surface area (Å²) in [6.45, 7) is 0. The van der Waals surface area contributed by atoms with Crippen molar-refractivity contribution in [2.24, 2.45) is 5.73 Å². The molecular formula is C12H15N7O7. The number of nitrogens with zero attached hydrogens (tertiary/aromatic N) is 5. The number of nitrogen functional groups attached to an aromatic ring is 1. The second-order valence-electron chi connectivity index (χ2n) is 5.60. The van der Waals surface area contributed by atoms with E-state index in [1.54, 1.807) is 0 Å². The summed E-state index contributed by atoms with van der Waals surface area (Å²) in [6, 6.07) is 0. The number of anilines is 1. The number of amides is 1. The van der Waals surface area contributed by atoms with E-state index in [-0.39, 0.29) is 17.0 Å². The van der Waals surface area contributed by atoms with Crippen LogP contribution in [-0.4, -0.2) is 65.1 Å². The van der Waals surface area contributed by atoms with Crippen LogP contribution in [-0.2, 0) is 14.4 Å². The molecule has 1 fully saturated rings. The molecule has 2 aromatic rings. The van der Waals surface area contributed by atoms with E-state index in [2.05, 4.69) is 19.8 Å². The van der Waals surface area contributed by atoms with Crippen LogP contribution >= 0.6 is 0 Å². The monoisotopic (exact) mass is 369 g/mol. The molecule has 1 unspecified atom stereocenters. The fraction of sp³-hybridized carbons (Fsp3) is 0.500. The number of ether oxygens (including phenoxy) is 1. The van der Waals surface area contributed by atoms with Crippen LogP contribution in [0.4, 0.5) is 5.82 Å². The topological polar surface area (TPSA) is 215 Å². The molecule has 0 saturated carbocycles. The maximum Gasteiger partial charge on any atom is 0.294 e. The van der Waals surface area contributed by atoms with Crippen LogP contribution in [0.3, 0.4) is 0 Å². The molecule has 1 aliphatic heterocycles. The molecule has 1 saturated heterocycles. The van der Waals surface area contributed by atoms with Gasteiger partial charge in [-0.25, -0.2) is 15.0 Å². The first kappa shape index (κ1) is 17.7. The fourth-order valence-electron chi connectivity index (χ4n) is 2.82. The molecule has 2 aromatic heterocycles. The predicted octanol–water partition coefficient (Wildman–Crippen LogP) is -2.52. The Morgan fingerprint density at radius 3 is 2.88 bits per heavy atom. The third kappa shape index (κ3) is 3.07. The summed E-state index contributed by atoms with van der Waals surface area (Å²) in [5, 5.41) is 30.1.